The Morgan fingerprint density at radius 1 is 1.29 bits per heavy atom. The average molecular weight is 451 g/mol. The quantitative estimate of drug-likeness (QED) is 0.539. The van der Waals surface area contributed by atoms with Crippen LogP contribution in [0, 0.1) is 13.8 Å². The molecule has 0 aliphatic heterocycles. The number of ether oxygens (including phenoxy) is 2. The van der Waals surface area contributed by atoms with Crippen molar-refractivity contribution in [3.05, 3.63) is 50.9 Å². The van der Waals surface area contributed by atoms with Crippen LogP contribution in [0.4, 0.5) is 8.78 Å². The fourth-order valence-corrected chi connectivity index (χ4v) is 4.13. The molecule has 0 spiro atoms. The van der Waals surface area contributed by atoms with E-state index < -0.39 is 6.61 Å². The molecule has 0 unspecified atom stereocenters. The number of nitrogens with one attached hydrogen (secondary N) is 1. The molecule has 31 heavy (non-hydrogen) atoms. The molecule has 2 aromatic heterocycles. The standard InChI is InChI=1S/C21H23F2N3O4S/c1-12-13(2)31-19-18(12)20(28)26(11-25-19)9-7-17(27)24-8-6-14-4-5-15(30-21(22)23)16(10-14)29-3/h4-5,10-11,21H,6-9H2,1-3H3,(H,24,27). The lowest BCUT2D eigenvalue weighted by atomic mass is 10.1. The number of thiophene rings is 1. The second-order valence-electron chi connectivity index (χ2n) is 6.92. The zero-order valence-electron chi connectivity index (χ0n) is 17.4. The van der Waals surface area contributed by atoms with E-state index in [1.165, 1.54) is 35.4 Å². The molecule has 3 aromatic rings. The second-order valence-corrected chi connectivity index (χ2v) is 8.12. The van der Waals surface area contributed by atoms with Gasteiger partial charge in [0, 0.05) is 24.4 Å². The number of aryl methyl sites for hydroxylation is 3. The third kappa shape index (κ3) is 5.38. The van der Waals surface area contributed by atoms with Crippen LogP contribution in [-0.4, -0.2) is 35.7 Å². The van der Waals surface area contributed by atoms with E-state index >= 15 is 0 Å². The summed E-state index contributed by atoms with van der Waals surface area (Å²) < 4.78 is 35.7. The molecule has 0 atom stereocenters. The first-order chi connectivity index (χ1) is 14.8. The van der Waals surface area contributed by atoms with Crippen LogP contribution in [0.15, 0.2) is 29.3 Å². The van der Waals surface area contributed by atoms with Crippen LogP contribution < -0.4 is 20.3 Å². The number of amides is 1. The molecular formula is C21H23F2N3O4S. The highest BCUT2D eigenvalue weighted by molar-refractivity contribution is 7.18. The van der Waals surface area contributed by atoms with Gasteiger partial charge in [0.2, 0.25) is 5.91 Å². The molecule has 1 N–H and O–H groups in total. The van der Waals surface area contributed by atoms with Crippen LogP contribution in [0.25, 0.3) is 10.2 Å². The van der Waals surface area contributed by atoms with E-state index in [2.05, 4.69) is 15.0 Å². The number of carbonyl (C=O) groups is 1. The number of rotatable bonds is 9. The maximum Gasteiger partial charge on any atom is 0.387 e. The molecule has 1 amide bonds. The lowest BCUT2D eigenvalue weighted by molar-refractivity contribution is -0.121. The van der Waals surface area contributed by atoms with Crippen LogP contribution in [0.2, 0.25) is 0 Å². The Kier molecular flexibility index (Phi) is 7.21. The van der Waals surface area contributed by atoms with Gasteiger partial charge >= 0.3 is 6.61 Å². The van der Waals surface area contributed by atoms with E-state index in [0.29, 0.717) is 23.2 Å². The number of carbonyl (C=O) groups excluding carboxylic acids is 1. The van der Waals surface area contributed by atoms with E-state index in [9.17, 15) is 18.4 Å². The Labute approximate surface area is 181 Å². The fraction of sp³-hybridized carbons (Fsp3) is 0.381. The zero-order chi connectivity index (χ0) is 22.5. The van der Waals surface area contributed by atoms with E-state index in [4.69, 9.17) is 4.74 Å². The van der Waals surface area contributed by atoms with Gasteiger partial charge in [-0.15, -0.1) is 11.3 Å². The van der Waals surface area contributed by atoms with Crippen molar-refractivity contribution in [3.63, 3.8) is 0 Å². The lowest BCUT2D eigenvalue weighted by Crippen LogP contribution is -2.29. The molecule has 0 saturated carbocycles. The van der Waals surface area contributed by atoms with Crippen LogP contribution in [0.1, 0.15) is 22.4 Å². The van der Waals surface area contributed by atoms with Crippen LogP contribution in [-0.2, 0) is 17.8 Å². The molecule has 166 valence electrons. The molecule has 10 heteroatoms. The van der Waals surface area contributed by atoms with Crippen molar-refractivity contribution >= 4 is 27.5 Å². The van der Waals surface area contributed by atoms with Gasteiger partial charge in [-0.05, 0) is 43.5 Å². The Hall–Kier alpha value is -3.01. The summed E-state index contributed by atoms with van der Waals surface area (Å²) in [6.07, 6.45) is 2.10. The van der Waals surface area contributed by atoms with Crippen LogP contribution in [0.5, 0.6) is 11.5 Å². The largest absolute Gasteiger partial charge is 0.493 e. The molecule has 0 bridgehead atoms. The van der Waals surface area contributed by atoms with Gasteiger partial charge < -0.3 is 14.8 Å². The topological polar surface area (TPSA) is 82.5 Å². The van der Waals surface area contributed by atoms with Crippen LogP contribution >= 0.6 is 11.3 Å². The van der Waals surface area contributed by atoms with E-state index in [1.54, 1.807) is 12.1 Å². The minimum atomic E-state index is -2.94. The summed E-state index contributed by atoms with van der Waals surface area (Å²) in [5, 5.41) is 3.40. The monoisotopic (exact) mass is 451 g/mol. The molecule has 0 saturated heterocycles. The first-order valence-electron chi connectivity index (χ1n) is 9.63. The van der Waals surface area contributed by atoms with E-state index in [1.807, 2.05) is 13.8 Å². The third-order valence-corrected chi connectivity index (χ3v) is 6.03. The zero-order valence-corrected chi connectivity index (χ0v) is 18.2. The van der Waals surface area contributed by atoms with Gasteiger partial charge in [-0.3, -0.25) is 14.2 Å². The SMILES string of the molecule is COc1cc(CCNC(=O)CCn2cnc3sc(C)c(C)c3c2=O)ccc1OC(F)F. The van der Waals surface area contributed by atoms with Gasteiger partial charge in [-0.1, -0.05) is 6.07 Å². The maximum absolute atomic E-state index is 12.7. The summed E-state index contributed by atoms with van der Waals surface area (Å²) in [4.78, 5) is 30.9. The smallest absolute Gasteiger partial charge is 0.387 e. The number of aromatic nitrogens is 2. The van der Waals surface area contributed by atoms with Crippen LogP contribution in [0.3, 0.4) is 0 Å². The molecule has 0 fully saturated rings. The van der Waals surface area contributed by atoms with Crippen molar-refractivity contribution in [3.8, 4) is 11.5 Å². The number of halogens is 2. The van der Waals surface area contributed by atoms with Crippen molar-refractivity contribution in [1.29, 1.82) is 0 Å². The lowest BCUT2D eigenvalue weighted by Gasteiger charge is -2.12. The third-order valence-electron chi connectivity index (χ3n) is 4.92. The summed E-state index contributed by atoms with van der Waals surface area (Å²) in [6.45, 7) is 1.50. The highest BCUT2D eigenvalue weighted by Crippen LogP contribution is 2.29. The normalized spacial score (nSPS) is 11.2. The van der Waals surface area contributed by atoms with Crippen molar-refractivity contribution in [1.82, 2.24) is 14.9 Å². The van der Waals surface area contributed by atoms with Gasteiger partial charge in [0.25, 0.3) is 5.56 Å². The molecule has 0 radical (unpaired) electrons. The summed E-state index contributed by atoms with van der Waals surface area (Å²) in [7, 11) is 1.37. The number of hydrogen-bond acceptors (Lipinski definition) is 6. The summed E-state index contributed by atoms with van der Waals surface area (Å²) in [5.74, 6) is -0.0439. The van der Waals surface area contributed by atoms with Crippen molar-refractivity contribution < 1.29 is 23.0 Å². The first kappa shape index (κ1) is 22.7. The number of nitrogens with zero attached hydrogens (tertiary/aromatic N) is 2. The Morgan fingerprint density at radius 3 is 2.77 bits per heavy atom. The molecule has 0 aliphatic carbocycles. The Morgan fingerprint density at radius 2 is 2.06 bits per heavy atom. The predicted molar refractivity (Wildman–Crippen MR) is 114 cm³/mol. The van der Waals surface area contributed by atoms with Crippen molar-refractivity contribution in [2.24, 2.45) is 0 Å². The summed E-state index contributed by atoms with van der Waals surface area (Å²) >= 11 is 1.48. The summed E-state index contributed by atoms with van der Waals surface area (Å²) in [5.41, 5.74) is 1.59. The molecule has 1 aromatic carbocycles. The predicted octanol–water partition coefficient (Wildman–Crippen LogP) is 3.43. The van der Waals surface area contributed by atoms with E-state index in [0.717, 1.165) is 16.0 Å². The molecule has 0 aliphatic rings. The number of hydrogen-bond donors (Lipinski definition) is 1. The minimum Gasteiger partial charge on any atom is -0.493 e. The maximum atomic E-state index is 12.7. The van der Waals surface area contributed by atoms with Gasteiger partial charge in [-0.2, -0.15) is 8.78 Å². The highest BCUT2D eigenvalue weighted by atomic mass is 32.1. The summed E-state index contributed by atoms with van der Waals surface area (Å²) in [6, 6.07) is 4.64. The average Bonchev–Trinajstić information content (AvgIpc) is 3.02. The highest BCUT2D eigenvalue weighted by Gasteiger charge is 2.13. The Balaban J connectivity index is 1.53. The molecule has 2 heterocycles. The number of methoxy groups -OCH3 is 1. The van der Waals surface area contributed by atoms with Gasteiger partial charge in [0.05, 0.1) is 18.8 Å². The molecule has 7 nitrogen and oxygen atoms in total. The molecule has 3 rings (SSSR count). The molecular weight excluding hydrogens is 428 g/mol. The minimum absolute atomic E-state index is 0.0441. The number of alkyl halides is 2. The van der Waals surface area contributed by atoms with E-state index in [-0.39, 0.29) is 35.9 Å². The van der Waals surface area contributed by atoms with Gasteiger partial charge in [-0.25, -0.2) is 4.98 Å². The fourth-order valence-electron chi connectivity index (χ4n) is 3.15. The second kappa shape index (κ2) is 9.86. The first-order valence-corrected chi connectivity index (χ1v) is 10.5. The van der Waals surface area contributed by atoms with Crippen molar-refractivity contribution in [2.75, 3.05) is 13.7 Å². The number of fused-ring (bicyclic) bond motifs is 1. The Bertz CT molecular complexity index is 1140. The van der Waals surface area contributed by atoms with Crippen molar-refractivity contribution in [2.45, 2.75) is 39.8 Å². The number of benzene rings is 1. The van der Waals surface area contributed by atoms with Gasteiger partial charge in [0.1, 0.15) is 4.83 Å². The van der Waals surface area contributed by atoms with Gasteiger partial charge in [0.15, 0.2) is 11.5 Å².